The van der Waals surface area contributed by atoms with Crippen LogP contribution in [0, 0.1) is 0 Å². The Morgan fingerprint density at radius 1 is 1.05 bits per heavy atom. The van der Waals surface area contributed by atoms with Gasteiger partial charge in [0.1, 0.15) is 16.7 Å². The largest absolute Gasteiger partial charge is 0.497 e. The topological polar surface area (TPSA) is 172 Å². The maximum atomic E-state index is 14.4. The van der Waals surface area contributed by atoms with Crippen molar-refractivity contribution in [2.75, 3.05) is 24.5 Å². The number of pyridine rings is 1. The minimum absolute atomic E-state index is 0.0138. The highest BCUT2D eigenvalue weighted by Crippen LogP contribution is 2.40. The zero-order valence-corrected chi connectivity index (χ0v) is 24.2. The quantitative estimate of drug-likeness (QED) is 0.224. The summed E-state index contributed by atoms with van der Waals surface area (Å²) < 4.78 is 20.3. The van der Waals surface area contributed by atoms with Crippen molar-refractivity contribution in [2.45, 2.75) is 12.6 Å². The van der Waals surface area contributed by atoms with E-state index in [1.165, 1.54) is 4.90 Å². The Bertz CT molecular complexity index is 1890. The van der Waals surface area contributed by atoms with Crippen LogP contribution in [0.25, 0.3) is 10.9 Å². The normalized spacial score (nSPS) is 12.5. The number of hydrogen-bond acceptors (Lipinski definition) is 10. The number of carbonyl (C=O) groups is 3. The lowest BCUT2D eigenvalue weighted by atomic mass is 10.00. The van der Waals surface area contributed by atoms with Crippen LogP contribution < -0.4 is 35.9 Å². The molecule has 0 aliphatic carbocycles. The smallest absolute Gasteiger partial charge is 0.273 e. The number of fused-ring (bicyclic) bond motifs is 2. The van der Waals surface area contributed by atoms with Crippen LogP contribution in [0.15, 0.2) is 79.0 Å². The monoisotopic (exact) mass is 610 g/mol. The standard InChI is InChI=1S/C31H26N6O6S/c1-41-21-8-4-17(5-9-21)15-35-30(39)27(19-6-10-22-18(13-19)3-2-12-34-22)37(20-7-11-23-24(14-20)43-16-42-23)31(40)28-25(32)26(29(33)38)36-44-28/h2-14,27H,15-16,32H2,1H3,(H2,33,38)(H,35,39). The number of ether oxygens (including phenoxy) is 3. The summed E-state index contributed by atoms with van der Waals surface area (Å²) in [6.07, 6.45) is 1.67. The van der Waals surface area contributed by atoms with E-state index in [0.717, 1.165) is 22.5 Å². The van der Waals surface area contributed by atoms with Gasteiger partial charge in [-0.25, -0.2) is 0 Å². The van der Waals surface area contributed by atoms with Gasteiger partial charge in [0, 0.05) is 29.9 Å². The number of nitrogen functional groups attached to an aromatic ring is 1. The van der Waals surface area contributed by atoms with Gasteiger partial charge < -0.3 is 31.0 Å². The van der Waals surface area contributed by atoms with Crippen molar-refractivity contribution in [3.63, 3.8) is 0 Å². The number of nitrogens with zero attached hydrogens (tertiary/aromatic N) is 3. The lowest BCUT2D eigenvalue weighted by Gasteiger charge is -2.31. The number of nitrogens with one attached hydrogen (secondary N) is 1. The third-order valence-electron chi connectivity index (χ3n) is 7.08. The van der Waals surface area contributed by atoms with Gasteiger partial charge in [0.2, 0.25) is 12.7 Å². The minimum Gasteiger partial charge on any atom is -0.497 e. The second kappa shape index (κ2) is 11.9. The number of aromatic nitrogens is 2. The molecule has 0 saturated heterocycles. The van der Waals surface area contributed by atoms with Gasteiger partial charge in [0.15, 0.2) is 17.2 Å². The molecule has 12 nitrogen and oxygen atoms in total. The van der Waals surface area contributed by atoms with Crippen LogP contribution in [-0.2, 0) is 11.3 Å². The van der Waals surface area contributed by atoms with Gasteiger partial charge in [-0.1, -0.05) is 24.3 Å². The molecule has 0 spiro atoms. The number of methoxy groups -OCH3 is 1. The number of primary amides is 1. The fourth-order valence-electron chi connectivity index (χ4n) is 4.87. The van der Waals surface area contributed by atoms with Crippen molar-refractivity contribution in [3.8, 4) is 17.2 Å². The van der Waals surface area contributed by atoms with Gasteiger partial charge in [-0.15, -0.1) is 0 Å². The van der Waals surface area contributed by atoms with Crippen molar-refractivity contribution in [3.05, 3.63) is 101 Å². The molecule has 3 amide bonds. The third-order valence-corrected chi connectivity index (χ3v) is 7.93. The van der Waals surface area contributed by atoms with Crippen LogP contribution in [-0.4, -0.2) is 41.0 Å². The van der Waals surface area contributed by atoms with Crippen molar-refractivity contribution < 1.29 is 28.6 Å². The second-order valence-corrected chi connectivity index (χ2v) is 10.5. The lowest BCUT2D eigenvalue weighted by Crippen LogP contribution is -2.44. The van der Waals surface area contributed by atoms with Crippen LogP contribution in [0.1, 0.15) is 37.3 Å². The molecule has 0 radical (unpaired) electrons. The molecule has 1 aliphatic rings. The highest BCUT2D eigenvalue weighted by atomic mass is 32.1. The molecule has 1 aliphatic heterocycles. The maximum absolute atomic E-state index is 14.4. The molecule has 5 N–H and O–H groups in total. The van der Waals surface area contributed by atoms with Gasteiger partial charge in [0.25, 0.3) is 11.8 Å². The molecule has 5 aromatic rings. The van der Waals surface area contributed by atoms with E-state index < -0.39 is 23.8 Å². The number of anilines is 2. The molecule has 0 fully saturated rings. The number of hydrogen-bond donors (Lipinski definition) is 3. The van der Waals surface area contributed by atoms with Crippen molar-refractivity contribution >= 4 is 51.5 Å². The number of carbonyl (C=O) groups excluding carboxylic acids is 3. The minimum atomic E-state index is -1.20. The SMILES string of the molecule is COc1ccc(CNC(=O)C(c2ccc3ncccc3c2)N(C(=O)c2snc(C(N)=O)c2N)c2ccc3c(c2)OCO3)cc1. The van der Waals surface area contributed by atoms with Crippen LogP contribution in [0.4, 0.5) is 11.4 Å². The van der Waals surface area contributed by atoms with Gasteiger partial charge in [-0.2, -0.15) is 4.37 Å². The summed E-state index contributed by atoms with van der Waals surface area (Å²) in [5.74, 6) is -0.444. The third kappa shape index (κ3) is 5.43. The molecular weight excluding hydrogens is 584 g/mol. The van der Waals surface area contributed by atoms with Crippen molar-refractivity contribution in [1.82, 2.24) is 14.7 Å². The number of amides is 3. The zero-order chi connectivity index (χ0) is 30.8. The van der Waals surface area contributed by atoms with Gasteiger partial charge >= 0.3 is 0 Å². The summed E-state index contributed by atoms with van der Waals surface area (Å²) in [5.41, 5.74) is 13.6. The first-order valence-electron chi connectivity index (χ1n) is 13.4. The molecule has 1 atom stereocenters. The molecular formula is C31H26N6O6S. The van der Waals surface area contributed by atoms with E-state index in [0.29, 0.717) is 34.0 Å². The van der Waals surface area contributed by atoms with E-state index in [9.17, 15) is 14.4 Å². The summed E-state index contributed by atoms with van der Waals surface area (Å²) >= 11 is 0.725. The first-order valence-corrected chi connectivity index (χ1v) is 14.1. The van der Waals surface area contributed by atoms with E-state index in [4.69, 9.17) is 25.7 Å². The number of nitrogens with two attached hydrogens (primary N) is 2. The average Bonchev–Trinajstić information content (AvgIpc) is 3.68. The molecule has 222 valence electrons. The average molecular weight is 611 g/mol. The molecule has 1 unspecified atom stereocenters. The first-order chi connectivity index (χ1) is 21.3. The van der Waals surface area contributed by atoms with Crippen LogP contribution in [0.3, 0.4) is 0 Å². The number of benzene rings is 3. The van der Waals surface area contributed by atoms with E-state index >= 15 is 0 Å². The molecule has 3 aromatic carbocycles. The molecule has 2 aromatic heterocycles. The summed E-state index contributed by atoms with van der Waals surface area (Å²) in [7, 11) is 1.57. The summed E-state index contributed by atoms with van der Waals surface area (Å²) in [6, 6.07) is 19.9. The Morgan fingerprint density at radius 2 is 1.84 bits per heavy atom. The van der Waals surface area contributed by atoms with E-state index in [-0.39, 0.29) is 29.6 Å². The van der Waals surface area contributed by atoms with Crippen molar-refractivity contribution in [1.29, 1.82) is 0 Å². The van der Waals surface area contributed by atoms with Gasteiger partial charge in [-0.3, -0.25) is 24.3 Å². The van der Waals surface area contributed by atoms with E-state index in [1.54, 1.807) is 67.9 Å². The van der Waals surface area contributed by atoms with Gasteiger partial charge in [0.05, 0.1) is 18.3 Å². The molecule has 3 heterocycles. The highest BCUT2D eigenvalue weighted by molar-refractivity contribution is 7.09. The maximum Gasteiger partial charge on any atom is 0.273 e. The molecule has 0 saturated carbocycles. The summed E-state index contributed by atoms with van der Waals surface area (Å²) in [5, 5.41) is 3.74. The summed E-state index contributed by atoms with van der Waals surface area (Å²) in [6.45, 7) is 0.187. The second-order valence-electron chi connectivity index (χ2n) is 9.77. The zero-order valence-electron chi connectivity index (χ0n) is 23.4. The predicted octanol–water partition coefficient (Wildman–Crippen LogP) is 3.81. The molecule has 6 rings (SSSR count). The molecule has 0 bridgehead atoms. The Labute approximate surface area is 255 Å². The summed E-state index contributed by atoms with van der Waals surface area (Å²) in [4.78, 5) is 46.2. The molecule has 13 heteroatoms. The van der Waals surface area contributed by atoms with E-state index in [1.807, 2.05) is 18.2 Å². The van der Waals surface area contributed by atoms with Crippen LogP contribution >= 0.6 is 11.5 Å². The fraction of sp³-hybridized carbons (Fsp3) is 0.129. The van der Waals surface area contributed by atoms with Crippen LogP contribution in [0.2, 0.25) is 0 Å². The Hall–Kier alpha value is -5.69. The van der Waals surface area contributed by atoms with Gasteiger partial charge in [-0.05, 0) is 65.1 Å². The highest BCUT2D eigenvalue weighted by Gasteiger charge is 2.37. The Balaban J connectivity index is 1.47. The fourth-order valence-corrected chi connectivity index (χ4v) is 5.61. The Morgan fingerprint density at radius 3 is 2.59 bits per heavy atom. The predicted molar refractivity (Wildman–Crippen MR) is 164 cm³/mol. The molecule has 44 heavy (non-hydrogen) atoms. The number of rotatable bonds is 9. The first kappa shape index (κ1) is 28.4. The van der Waals surface area contributed by atoms with Crippen LogP contribution in [0.5, 0.6) is 17.2 Å². The Kier molecular flexibility index (Phi) is 7.69. The lowest BCUT2D eigenvalue weighted by molar-refractivity contribution is -0.122. The van der Waals surface area contributed by atoms with Crippen molar-refractivity contribution in [2.24, 2.45) is 5.73 Å². The van der Waals surface area contributed by atoms with E-state index in [2.05, 4.69) is 14.7 Å².